The molecule has 0 aliphatic heterocycles. The van der Waals surface area contributed by atoms with Gasteiger partial charge in [-0.2, -0.15) is 0 Å². The zero-order valence-corrected chi connectivity index (χ0v) is 25.5. The second-order valence-corrected chi connectivity index (χ2v) is 12.5. The first-order valence-electron chi connectivity index (χ1n) is 13.8. The molecular weight excluding hydrogens is 578 g/mol. The highest BCUT2D eigenvalue weighted by Gasteiger charge is 2.34. The zero-order valence-electron chi connectivity index (χ0n) is 24.0. The van der Waals surface area contributed by atoms with E-state index in [1.165, 1.54) is 30.2 Å². The van der Waals surface area contributed by atoms with Gasteiger partial charge in [-0.25, -0.2) is 8.42 Å². The molecule has 1 N–H and O–H groups in total. The highest BCUT2D eigenvalue weighted by atomic mass is 35.5. The van der Waals surface area contributed by atoms with Crippen LogP contribution in [0.4, 0.5) is 5.69 Å². The molecule has 0 spiro atoms. The van der Waals surface area contributed by atoms with E-state index in [0.717, 1.165) is 35.6 Å². The smallest absolute Gasteiger partial charge is 0.264 e. The van der Waals surface area contributed by atoms with Crippen LogP contribution in [0.25, 0.3) is 0 Å². The highest BCUT2D eigenvalue weighted by Crippen LogP contribution is 2.35. The average Bonchev–Trinajstić information content (AvgIpc) is 3.52. The maximum Gasteiger partial charge on any atom is 0.264 e. The van der Waals surface area contributed by atoms with E-state index < -0.39 is 28.5 Å². The number of hydrogen-bond donors (Lipinski definition) is 1. The predicted molar refractivity (Wildman–Crippen MR) is 162 cm³/mol. The van der Waals surface area contributed by atoms with E-state index in [4.69, 9.17) is 21.1 Å². The van der Waals surface area contributed by atoms with Gasteiger partial charge in [0.2, 0.25) is 11.8 Å². The number of ether oxygens (including phenoxy) is 2. The number of amides is 2. The normalized spacial score (nSPS) is 14.2. The number of hydrogen-bond acceptors (Lipinski definition) is 6. The van der Waals surface area contributed by atoms with Gasteiger partial charge >= 0.3 is 0 Å². The summed E-state index contributed by atoms with van der Waals surface area (Å²) in [6, 6.07) is 18.7. The molecule has 11 heteroatoms. The average molecular weight is 614 g/mol. The second-order valence-electron chi connectivity index (χ2n) is 10.2. The molecule has 42 heavy (non-hydrogen) atoms. The number of nitrogens with zero attached hydrogens (tertiary/aromatic N) is 2. The summed E-state index contributed by atoms with van der Waals surface area (Å²) in [7, 11) is -1.28. The van der Waals surface area contributed by atoms with Crippen molar-refractivity contribution < 1.29 is 27.5 Å². The number of halogens is 1. The Kier molecular flexibility index (Phi) is 10.3. The van der Waals surface area contributed by atoms with Crippen molar-refractivity contribution in [2.45, 2.75) is 56.1 Å². The lowest BCUT2D eigenvalue weighted by atomic mass is 10.1. The van der Waals surface area contributed by atoms with E-state index in [2.05, 4.69) is 5.32 Å². The number of nitrogens with one attached hydrogen (secondary N) is 1. The molecule has 2 amide bonds. The molecule has 3 aromatic carbocycles. The third kappa shape index (κ3) is 7.35. The second kappa shape index (κ2) is 13.9. The summed E-state index contributed by atoms with van der Waals surface area (Å²) in [4.78, 5) is 28.9. The fourth-order valence-corrected chi connectivity index (χ4v) is 6.60. The first-order chi connectivity index (χ1) is 20.1. The fourth-order valence-electron chi connectivity index (χ4n) is 4.99. The van der Waals surface area contributed by atoms with Gasteiger partial charge in [0.05, 0.1) is 24.8 Å². The molecule has 1 saturated carbocycles. The Bertz CT molecular complexity index is 1480. The summed E-state index contributed by atoms with van der Waals surface area (Å²) < 4.78 is 39.7. The van der Waals surface area contributed by atoms with Crippen LogP contribution in [0.2, 0.25) is 5.02 Å². The van der Waals surface area contributed by atoms with Crippen LogP contribution < -0.4 is 19.1 Å². The molecule has 0 saturated heterocycles. The summed E-state index contributed by atoms with van der Waals surface area (Å²) >= 11 is 6.28. The van der Waals surface area contributed by atoms with Crippen LogP contribution in [0.3, 0.4) is 0 Å². The van der Waals surface area contributed by atoms with Gasteiger partial charge in [0.25, 0.3) is 10.0 Å². The fraction of sp³-hybridized carbons (Fsp3) is 0.355. The minimum absolute atomic E-state index is 0.00596. The molecule has 4 rings (SSSR count). The van der Waals surface area contributed by atoms with Crippen LogP contribution in [0.1, 0.15) is 38.2 Å². The van der Waals surface area contributed by atoms with Crippen LogP contribution in [0, 0.1) is 0 Å². The summed E-state index contributed by atoms with van der Waals surface area (Å²) in [6.07, 6.45) is 3.87. The minimum atomic E-state index is -4.25. The number of carbonyl (C=O) groups excluding carboxylic acids is 2. The Morgan fingerprint density at radius 3 is 2.26 bits per heavy atom. The lowest BCUT2D eigenvalue weighted by Gasteiger charge is -2.33. The Morgan fingerprint density at radius 1 is 0.976 bits per heavy atom. The molecular formula is C31H36ClN3O6S. The van der Waals surface area contributed by atoms with Crippen molar-refractivity contribution >= 4 is 39.1 Å². The third-order valence-electron chi connectivity index (χ3n) is 7.40. The monoisotopic (exact) mass is 613 g/mol. The Balaban J connectivity index is 1.72. The van der Waals surface area contributed by atoms with Crippen molar-refractivity contribution in [2.75, 3.05) is 25.1 Å². The molecule has 0 bridgehead atoms. The van der Waals surface area contributed by atoms with Crippen molar-refractivity contribution in [2.24, 2.45) is 0 Å². The number of carbonyl (C=O) groups is 2. The number of anilines is 1. The van der Waals surface area contributed by atoms with Crippen LogP contribution >= 0.6 is 11.6 Å². The Morgan fingerprint density at radius 2 is 1.64 bits per heavy atom. The molecule has 0 unspecified atom stereocenters. The molecule has 3 aromatic rings. The van der Waals surface area contributed by atoms with Crippen molar-refractivity contribution in [3.05, 3.63) is 83.4 Å². The summed E-state index contributed by atoms with van der Waals surface area (Å²) in [6.45, 7) is 1.14. The van der Waals surface area contributed by atoms with Crippen LogP contribution in [0.15, 0.2) is 77.7 Å². The SMILES string of the molecule is COc1ccc(CN(C(=O)CN(c2cc(Cl)ccc2OC)S(=O)(=O)c2ccccc2)[C@@H](C)C(=O)NC2CCCC2)cc1. The number of sulfonamides is 1. The van der Waals surface area contributed by atoms with Crippen molar-refractivity contribution in [1.29, 1.82) is 0 Å². The van der Waals surface area contributed by atoms with E-state index in [0.29, 0.717) is 5.75 Å². The number of methoxy groups -OCH3 is 2. The molecule has 1 aliphatic rings. The van der Waals surface area contributed by atoms with Crippen molar-refractivity contribution in [1.82, 2.24) is 10.2 Å². The molecule has 0 aromatic heterocycles. The largest absolute Gasteiger partial charge is 0.497 e. The van der Waals surface area contributed by atoms with Crippen LogP contribution in [-0.2, 0) is 26.2 Å². The predicted octanol–water partition coefficient (Wildman–Crippen LogP) is 5.03. The molecule has 0 heterocycles. The Labute approximate surface area is 252 Å². The Hall–Kier alpha value is -3.76. The highest BCUT2D eigenvalue weighted by molar-refractivity contribution is 7.92. The maximum atomic E-state index is 14.1. The van der Waals surface area contributed by atoms with Crippen molar-refractivity contribution in [3.8, 4) is 11.5 Å². The number of rotatable bonds is 12. The van der Waals surface area contributed by atoms with Crippen molar-refractivity contribution in [3.63, 3.8) is 0 Å². The van der Waals surface area contributed by atoms with E-state index in [1.54, 1.807) is 68.6 Å². The quantitative estimate of drug-likeness (QED) is 0.307. The first kappa shape index (κ1) is 31.2. The zero-order chi connectivity index (χ0) is 30.3. The lowest BCUT2D eigenvalue weighted by molar-refractivity contribution is -0.139. The maximum absolute atomic E-state index is 14.1. The van der Waals surface area contributed by atoms with Crippen LogP contribution in [0.5, 0.6) is 11.5 Å². The lowest BCUT2D eigenvalue weighted by Crippen LogP contribution is -2.52. The standard InChI is InChI=1S/C31H36ClN3O6S/c1-22(31(37)33-25-9-7-8-10-25)34(20-23-13-16-26(40-2)17-14-23)30(36)21-35(28-19-24(32)15-18-29(28)41-3)42(38,39)27-11-5-4-6-12-27/h4-6,11-19,22,25H,7-10,20-21H2,1-3H3,(H,33,37)/t22-/m0/s1. The molecule has 0 radical (unpaired) electrons. The minimum Gasteiger partial charge on any atom is -0.497 e. The molecule has 9 nitrogen and oxygen atoms in total. The van der Waals surface area contributed by atoms with E-state index in [-0.39, 0.29) is 39.8 Å². The van der Waals surface area contributed by atoms with Gasteiger partial charge in [-0.1, -0.05) is 54.8 Å². The van der Waals surface area contributed by atoms with E-state index in [1.807, 2.05) is 0 Å². The molecule has 224 valence electrons. The van der Waals surface area contributed by atoms with Gasteiger partial charge < -0.3 is 19.7 Å². The first-order valence-corrected chi connectivity index (χ1v) is 15.6. The van der Waals surface area contributed by atoms with Crippen LogP contribution in [-0.4, -0.2) is 58.0 Å². The summed E-state index contributed by atoms with van der Waals surface area (Å²) in [5, 5.41) is 3.33. The molecule has 1 aliphatic carbocycles. The van der Waals surface area contributed by atoms with Gasteiger partial charge in [-0.05, 0) is 67.8 Å². The topological polar surface area (TPSA) is 105 Å². The van der Waals surface area contributed by atoms with Gasteiger partial charge in [-0.3, -0.25) is 13.9 Å². The summed E-state index contributed by atoms with van der Waals surface area (Å²) in [5.41, 5.74) is 0.858. The molecule has 1 fully saturated rings. The van der Waals surface area contributed by atoms with Gasteiger partial charge in [0.15, 0.2) is 0 Å². The van der Waals surface area contributed by atoms with Gasteiger partial charge in [0.1, 0.15) is 24.1 Å². The van der Waals surface area contributed by atoms with Gasteiger partial charge in [0, 0.05) is 17.6 Å². The molecule has 1 atom stereocenters. The van der Waals surface area contributed by atoms with E-state index >= 15 is 0 Å². The van der Waals surface area contributed by atoms with Gasteiger partial charge in [-0.15, -0.1) is 0 Å². The number of benzene rings is 3. The summed E-state index contributed by atoms with van der Waals surface area (Å²) in [5.74, 6) is 0.0141. The van der Waals surface area contributed by atoms with E-state index in [9.17, 15) is 18.0 Å². The third-order valence-corrected chi connectivity index (χ3v) is 9.41.